The second-order valence-electron chi connectivity index (χ2n) is 6.15. The molecule has 0 unspecified atom stereocenters. The summed E-state index contributed by atoms with van der Waals surface area (Å²) in [7, 11) is 0. The molecule has 0 aromatic heterocycles. The number of morpholine rings is 1. The van der Waals surface area contributed by atoms with Crippen molar-refractivity contribution in [1.82, 2.24) is 4.90 Å². The number of hydrogen-bond acceptors (Lipinski definition) is 2. The Morgan fingerprint density at radius 1 is 1.08 bits per heavy atom. The molecule has 0 spiro atoms. The fourth-order valence-corrected chi connectivity index (χ4v) is 3.01. The zero-order valence-electron chi connectivity index (χ0n) is 13.7. The van der Waals surface area contributed by atoms with Crippen molar-refractivity contribution in [3.8, 4) is 0 Å². The molecule has 0 N–H and O–H groups in total. The van der Waals surface area contributed by atoms with Gasteiger partial charge in [-0.25, -0.2) is 4.39 Å². The molecule has 24 heavy (non-hydrogen) atoms. The lowest BCUT2D eigenvalue weighted by atomic mass is 10.1. The lowest BCUT2D eigenvalue weighted by Crippen LogP contribution is -2.46. The van der Waals surface area contributed by atoms with Crippen molar-refractivity contribution in [2.75, 3.05) is 19.7 Å². The lowest BCUT2D eigenvalue weighted by molar-refractivity contribution is -0.138. The van der Waals surface area contributed by atoms with Crippen LogP contribution >= 0.6 is 0 Å². The quantitative estimate of drug-likeness (QED) is 0.844. The van der Waals surface area contributed by atoms with Crippen LogP contribution in [0, 0.1) is 5.82 Å². The zero-order chi connectivity index (χ0) is 16.8. The van der Waals surface area contributed by atoms with Gasteiger partial charge in [-0.05, 0) is 29.7 Å². The average molecular weight is 327 g/mol. The van der Waals surface area contributed by atoms with E-state index in [0.717, 1.165) is 12.0 Å². The second kappa shape index (κ2) is 8.06. The Hall–Kier alpha value is -2.20. The van der Waals surface area contributed by atoms with Gasteiger partial charge in [0.25, 0.3) is 0 Å². The van der Waals surface area contributed by atoms with E-state index >= 15 is 0 Å². The van der Waals surface area contributed by atoms with Crippen LogP contribution in [-0.2, 0) is 22.4 Å². The molecule has 126 valence electrons. The van der Waals surface area contributed by atoms with Gasteiger partial charge in [0, 0.05) is 25.9 Å². The molecule has 2 aromatic carbocycles. The summed E-state index contributed by atoms with van der Waals surface area (Å²) < 4.78 is 18.7. The molecule has 1 fully saturated rings. The molecule has 1 amide bonds. The van der Waals surface area contributed by atoms with Crippen LogP contribution in [0.1, 0.15) is 17.5 Å². The summed E-state index contributed by atoms with van der Waals surface area (Å²) in [5.41, 5.74) is 2.21. The summed E-state index contributed by atoms with van der Waals surface area (Å²) >= 11 is 0. The highest BCUT2D eigenvalue weighted by atomic mass is 19.1. The number of carbonyl (C=O) groups excluding carboxylic acids is 1. The maximum absolute atomic E-state index is 12.9. The van der Waals surface area contributed by atoms with Gasteiger partial charge in [-0.2, -0.15) is 0 Å². The van der Waals surface area contributed by atoms with Crippen molar-refractivity contribution in [3.63, 3.8) is 0 Å². The maximum atomic E-state index is 12.9. The SMILES string of the molecule is O=C(CCc1ccc(F)cc1)N1CCO[C@H](Cc2ccccc2)C1. The van der Waals surface area contributed by atoms with Crippen molar-refractivity contribution in [3.05, 3.63) is 71.5 Å². The Bertz CT molecular complexity index is 657. The van der Waals surface area contributed by atoms with Crippen LogP contribution in [0.4, 0.5) is 4.39 Å². The number of carbonyl (C=O) groups is 1. The fourth-order valence-electron chi connectivity index (χ4n) is 3.01. The number of aryl methyl sites for hydroxylation is 1. The van der Waals surface area contributed by atoms with E-state index in [1.54, 1.807) is 12.1 Å². The molecule has 1 aliphatic heterocycles. The minimum atomic E-state index is -0.248. The van der Waals surface area contributed by atoms with Crippen molar-refractivity contribution in [2.24, 2.45) is 0 Å². The number of ether oxygens (including phenoxy) is 1. The molecule has 1 atom stereocenters. The van der Waals surface area contributed by atoms with Crippen molar-refractivity contribution < 1.29 is 13.9 Å². The molecule has 2 aromatic rings. The zero-order valence-corrected chi connectivity index (χ0v) is 13.7. The molecule has 0 aliphatic carbocycles. The highest BCUT2D eigenvalue weighted by molar-refractivity contribution is 5.76. The molecule has 0 saturated carbocycles. The van der Waals surface area contributed by atoms with Crippen LogP contribution < -0.4 is 0 Å². The molecular formula is C20H22FNO2. The summed E-state index contributed by atoms with van der Waals surface area (Å²) in [6.07, 6.45) is 1.96. The van der Waals surface area contributed by atoms with E-state index < -0.39 is 0 Å². The summed E-state index contributed by atoms with van der Waals surface area (Å²) in [6, 6.07) is 16.5. The fraction of sp³-hybridized carbons (Fsp3) is 0.350. The summed E-state index contributed by atoms with van der Waals surface area (Å²) in [5, 5.41) is 0. The maximum Gasteiger partial charge on any atom is 0.223 e. The topological polar surface area (TPSA) is 29.5 Å². The molecule has 0 radical (unpaired) electrons. The normalized spacial score (nSPS) is 17.7. The van der Waals surface area contributed by atoms with E-state index in [0.29, 0.717) is 32.5 Å². The second-order valence-corrected chi connectivity index (χ2v) is 6.15. The number of amides is 1. The van der Waals surface area contributed by atoms with Crippen LogP contribution in [0.3, 0.4) is 0 Å². The number of rotatable bonds is 5. The highest BCUT2D eigenvalue weighted by Gasteiger charge is 2.24. The van der Waals surface area contributed by atoms with Gasteiger partial charge in [0.05, 0.1) is 12.7 Å². The average Bonchev–Trinajstić information content (AvgIpc) is 2.62. The van der Waals surface area contributed by atoms with Gasteiger partial charge in [-0.15, -0.1) is 0 Å². The van der Waals surface area contributed by atoms with Crippen LogP contribution in [0.5, 0.6) is 0 Å². The Morgan fingerprint density at radius 3 is 2.58 bits per heavy atom. The van der Waals surface area contributed by atoms with E-state index in [-0.39, 0.29) is 17.8 Å². The Balaban J connectivity index is 1.50. The first-order valence-electron chi connectivity index (χ1n) is 8.38. The van der Waals surface area contributed by atoms with Gasteiger partial charge in [0.1, 0.15) is 5.82 Å². The van der Waals surface area contributed by atoms with E-state index in [1.807, 2.05) is 23.1 Å². The number of hydrogen-bond donors (Lipinski definition) is 0. The van der Waals surface area contributed by atoms with Gasteiger partial charge in [0.15, 0.2) is 0 Å². The third-order valence-corrected chi connectivity index (χ3v) is 4.34. The number of benzene rings is 2. The molecule has 4 heteroatoms. The third-order valence-electron chi connectivity index (χ3n) is 4.34. The molecule has 1 saturated heterocycles. The van der Waals surface area contributed by atoms with E-state index in [2.05, 4.69) is 12.1 Å². The van der Waals surface area contributed by atoms with E-state index in [9.17, 15) is 9.18 Å². The summed E-state index contributed by atoms with van der Waals surface area (Å²) in [6.45, 7) is 1.87. The van der Waals surface area contributed by atoms with Crippen LogP contribution in [-0.4, -0.2) is 36.6 Å². The van der Waals surface area contributed by atoms with Crippen molar-refractivity contribution in [2.45, 2.75) is 25.4 Å². The third kappa shape index (κ3) is 4.65. The molecule has 3 nitrogen and oxygen atoms in total. The van der Waals surface area contributed by atoms with E-state index in [4.69, 9.17) is 4.74 Å². The Kier molecular flexibility index (Phi) is 5.59. The molecule has 1 aliphatic rings. The number of nitrogens with zero attached hydrogens (tertiary/aromatic N) is 1. The smallest absolute Gasteiger partial charge is 0.223 e. The minimum absolute atomic E-state index is 0.0518. The first-order valence-corrected chi connectivity index (χ1v) is 8.38. The van der Waals surface area contributed by atoms with Crippen molar-refractivity contribution >= 4 is 5.91 Å². The first-order chi connectivity index (χ1) is 11.7. The largest absolute Gasteiger partial charge is 0.374 e. The minimum Gasteiger partial charge on any atom is -0.374 e. The monoisotopic (exact) mass is 327 g/mol. The van der Waals surface area contributed by atoms with E-state index in [1.165, 1.54) is 17.7 Å². The van der Waals surface area contributed by atoms with Crippen molar-refractivity contribution in [1.29, 1.82) is 0 Å². The van der Waals surface area contributed by atoms with Crippen LogP contribution in [0.2, 0.25) is 0 Å². The first kappa shape index (κ1) is 16.7. The molecular weight excluding hydrogens is 305 g/mol. The molecule has 3 rings (SSSR count). The highest BCUT2D eigenvalue weighted by Crippen LogP contribution is 2.14. The van der Waals surface area contributed by atoms with Gasteiger partial charge in [-0.3, -0.25) is 4.79 Å². The Morgan fingerprint density at radius 2 is 1.83 bits per heavy atom. The van der Waals surface area contributed by atoms with Gasteiger partial charge in [-0.1, -0.05) is 42.5 Å². The Labute approximate surface area is 142 Å². The number of halogens is 1. The van der Waals surface area contributed by atoms with Gasteiger partial charge >= 0.3 is 0 Å². The summed E-state index contributed by atoms with van der Waals surface area (Å²) in [5.74, 6) is -0.109. The molecule has 1 heterocycles. The lowest BCUT2D eigenvalue weighted by Gasteiger charge is -2.33. The van der Waals surface area contributed by atoms with Crippen LogP contribution in [0.15, 0.2) is 54.6 Å². The predicted octanol–water partition coefficient (Wildman–Crippen LogP) is 3.23. The van der Waals surface area contributed by atoms with Gasteiger partial charge in [0.2, 0.25) is 5.91 Å². The predicted molar refractivity (Wildman–Crippen MR) is 91.2 cm³/mol. The standard InChI is InChI=1S/C20H22FNO2/c21-18-9-6-16(7-10-18)8-11-20(23)22-12-13-24-19(15-22)14-17-4-2-1-3-5-17/h1-7,9-10,19H,8,11-15H2/t19-/m1/s1. The van der Waals surface area contributed by atoms with Gasteiger partial charge < -0.3 is 9.64 Å². The summed E-state index contributed by atoms with van der Waals surface area (Å²) in [4.78, 5) is 14.3. The van der Waals surface area contributed by atoms with Crippen LogP contribution in [0.25, 0.3) is 0 Å². The molecule has 0 bridgehead atoms.